The highest BCUT2D eigenvalue weighted by Crippen LogP contribution is 2.15. The van der Waals surface area contributed by atoms with Gasteiger partial charge in [-0.3, -0.25) is 23.6 Å². The Balaban J connectivity index is 1.19. The van der Waals surface area contributed by atoms with Crippen LogP contribution in [0.25, 0.3) is 10.9 Å². The number of hydrogen-bond donors (Lipinski definition) is 1. The van der Waals surface area contributed by atoms with E-state index >= 15 is 0 Å². The fourth-order valence-corrected chi connectivity index (χ4v) is 5.39. The van der Waals surface area contributed by atoms with Crippen molar-refractivity contribution in [3.05, 3.63) is 116 Å². The first-order valence-electron chi connectivity index (χ1n) is 13.5. The lowest BCUT2D eigenvalue weighted by molar-refractivity contribution is -0.122. The highest BCUT2D eigenvalue weighted by molar-refractivity contribution is 6.30. The summed E-state index contributed by atoms with van der Waals surface area (Å²) in [5.74, 6) is -0.0353. The first-order valence-corrected chi connectivity index (χ1v) is 13.9. The standard InChI is InChI=1S/C31H33ClN4O3/c32-25-14-12-24(13-15-25)22-36-28-10-5-4-9-27(28)30(38)35(31(36)39)18-6-11-29(37)33-26-16-19-34(20-17-26)21-23-7-2-1-3-8-23/h1-5,7-10,12-15,26H,6,11,16-22H2,(H,33,37). The summed E-state index contributed by atoms with van der Waals surface area (Å²) in [6.45, 7) is 3.32. The Morgan fingerprint density at radius 3 is 2.23 bits per heavy atom. The van der Waals surface area contributed by atoms with Crippen molar-refractivity contribution < 1.29 is 4.79 Å². The minimum absolute atomic E-state index is 0.0353. The molecule has 2 heterocycles. The predicted octanol–water partition coefficient (Wildman–Crippen LogP) is 4.43. The van der Waals surface area contributed by atoms with Crippen molar-refractivity contribution in [1.82, 2.24) is 19.4 Å². The maximum atomic E-state index is 13.4. The van der Waals surface area contributed by atoms with Crippen LogP contribution in [-0.4, -0.2) is 39.1 Å². The Kier molecular flexibility index (Phi) is 8.59. The van der Waals surface area contributed by atoms with E-state index in [0.717, 1.165) is 38.0 Å². The minimum atomic E-state index is -0.375. The second-order valence-electron chi connectivity index (χ2n) is 10.2. The summed E-state index contributed by atoms with van der Waals surface area (Å²) in [6.07, 6.45) is 2.50. The van der Waals surface area contributed by atoms with E-state index in [1.165, 1.54) is 10.1 Å². The Hall–Kier alpha value is -3.68. The number of piperidine rings is 1. The van der Waals surface area contributed by atoms with Crippen LogP contribution >= 0.6 is 11.6 Å². The Bertz CT molecular complexity index is 1540. The van der Waals surface area contributed by atoms with Gasteiger partial charge in [-0.05, 0) is 54.7 Å². The van der Waals surface area contributed by atoms with E-state index in [-0.39, 0.29) is 36.2 Å². The number of nitrogens with zero attached hydrogens (tertiary/aromatic N) is 3. The molecule has 5 rings (SSSR count). The van der Waals surface area contributed by atoms with Crippen molar-refractivity contribution in [2.75, 3.05) is 13.1 Å². The number of nitrogens with one attached hydrogen (secondary N) is 1. The summed E-state index contributed by atoms with van der Waals surface area (Å²) in [4.78, 5) is 41.7. The van der Waals surface area contributed by atoms with Gasteiger partial charge in [-0.25, -0.2) is 4.79 Å². The lowest BCUT2D eigenvalue weighted by Gasteiger charge is -2.32. The number of benzene rings is 3. The lowest BCUT2D eigenvalue weighted by atomic mass is 10.0. The second kappa shape index (κ2) is 12.5. The number of fused-ring (bicyclic) bond motifs is 1. The van der Waals surface area contributed by atoms with Gasteiger partial charge in [0.1, 0.15) is 0 Å². The average Bonchev–Trinajstić information content (AvgIpc) is 2.95. The quantitative estimate of drug-likeness (QED) is 0.338. The number of amides is 1. The van der Waals surface area contributed by atoms with E-state index in [1.807, 2.05) is 24.3 Å². The highest BCUT2D eigenvalue weighted by atomic mass is 35.5. The number of rotatable bonds is 9. The van der Waals surface area contributed by atoms with Crippen molar-refractivity contribution in [1.29, 1.82) is 0 Å². The van der Waals surface area contributed by atoms with Crippen LogP contribution in [0.1, 0.15) is 36.8 Å². The molecular formula is C31H33ClN4O3. The largest absolute Gasteiger partial charge is 0.353 e. The molecule has 8 heteroatoms. The van der Waals surface area contributed by atoms with Crippen LogP contribution < -0.4 is 16.6 Å². The number of carbonyl (C=O) groups excluding carboxylic acids is 1. The van der Waals surface area contributed by atoms with Gasteiger partial charge in [0, 0.05) is 43.7 Å². The van der Waals surface area contributed by atoms with Gasteiger partial charge in [-0.2, -0.15) is 0 Å². The van der Waals surface area contributed by atoms with Crippen LogP contribution in [0.3, 0.4) is 0 Å². The van der Waals surface area contributed by atoms with Gasteiger partial charge >= 0.3 is 5.69 Å². The molecule has 1 aliphatic heterocycles. The predicted molar refractivity (Wildman–Crippen MR) is 155 cm³/mol. The van der Waals surface area contributed by atoms with Crippen molar-refractivity contribution >= 4 is 28.4 Å². The molecular weight excluding hydrogens is 512 g/mol. The SMILES string of the molecule is O=C(CCCn1c(=O)c2ccccc2n(Cc2ccc(Cl)cc2)c1=O)NC1CCN(Cc2ccccc2)CC1. The van der Waals surface area contributed by atoms with E-state index in [1.54, 1.807) is 34.9 Å². The lowest BCUT2D eigenvalue weighted by Crippen LogP contribution is -2.44. The van der Waals surface area contributed by atoms with Gasteiger partial charge in [-0.1, -0.05) is 66.2 Å². The number of likely N-dealkylation sites (tertiary alicyclic amines) is 1. The van der Waals surface area contributed by atoms with Crippen molar-refractivity contribution in [2.45, 2.75) is 51.4 Å². The molecule has 0 unspecified atom stereocenters. The van der Waals surface area contributed by atoms with Crippen molar-refractivity contribution in [3.8, 4) is 0 Å². The van der Waals surface area contributed by atoms with Crippen LogP contribution in [0, 0.1) is 0 Å². The van der Waals surface area contributed by atoms with E-state index in [4.69, 9.17) is 11.6 Å². The van der Waals surface area contributed by atoms with E-state index in [2.05, 4.69) is 34.5 Å². The van der Waals surface area contributed by atoms with Gasteiger partial charge in [0.05, 0.1) is 17.4 Å². The molecule has 1 aromatic heterocycles. The van der Waals surface area contributed by atoms with Crippen molar-refractivity contribution in [2.24, 2.45) is 0 Å². The number of para-hydroxylation sites is 1. The monoisotopic (exact) mass is 544 g/mol. The molecule has 0 saturated carbocycles. The van der Waals surface area contributed by atoms with Crippen LogP contribution in [-0.2, 0) is 24.4 Å². The maximum absolute atomic E-state index is 13.4. The number of aromatic nitrogens is 2. The first-order chi connectivity index (χ1) is 19.0. The fourth-order valence-electron chi connectivity index (χ4n) is 5.27. The normalized spacial score (nSPS) is 14.5. The van der Waals surface area contributed by atoms with Gasteiger partial charge in [0.15, 0.2) is 0 Å². The molecule has 1 saturated heterocycles. The minimum Gasteiger partial charge on any atom is -0.353 e. The average molecular weight is 545 g/mol. The molecule has 1 aliphatic rings. The zero-order chi connectivity index (χ0) is 27.2. The van der Waals surface area contributed by atoms with Gasteiger partial charge in [0.25, 0.3) is 5.56 Å². The molecule has 0 aliphatic carbocycles. The summed E-state index contributed by atoms with van der Waals surface area (Å²) in [5, 5.41) is 4.26. The highest BCUT2D eigenvalue weighted by Gasteiger charge is 2.21. The molecule has 4 aromatic rings. The first kappa shape index (κ1) is 26.9. The van der Waals surface area contributed by atoms with Crippen LogP contribution in [0.15, 0.2) is 88.5 Å². The molecule has 0 spiro atoms. The zero-order valence-corrected chi connectivity index (χ0v) is 22.6. The number of carbonyl (C=O) groups is 1. The second-order valence-corrected chi connectivity index (χ2v) is 10.6. The third-order valence-electron chi connectivity index (χ3n) is 7.37. The summed E-state index contributed by atoms with van der Waals surface area (Å²) in [5.41, 5.74) is 2.10. The Morgan fingerprint density at radius 1 is 0.821 bits per heavy atom. The molecule has 202 valence electrons. The van der Waals surface area contributed by atoms with E-state index in [0.29, 0.717) is 28.9 Å². The maximum Gasteiger partial charge on any atom is 0.331 e. The molecule has 1 N–H and O–H groups in total. The van der Waals surface area contributed by atoms with Crippen LogP contribution in [0.2, 0.25) is 5.02 Å². The van der Waals surface area contributed by atoms with Crippen molar-refractivity contribution in [3.63, 3.8) is 0 Å². The molecule has 1 fully saturated rings. The fraction of sp³-hybridized carbons (Fsp3) is 0.323. The van der Waals surface area contributed by atoms with Crippen LogP contribution in [0.4, 0.5) is 0 Å². The molecule has 7 nitrogen and oxygen atoms in total. The molecule has 39 heavy (non-hydrogen) atoms. The van der Waals surface area contributed by atoms with E-state index in [9.17, 15) is 14.4 Å². The van der Waals surface area contributed by atoms with Gasteiger partial charge in [-0.15, -0.1) is 0 Å². The summed E-state index contributed by atoms with van der Waals surface area (Å²) in [7, 11) is 0. The summed E-state index contributed by atoms with van der Waals surface area (Å²) >= 11 is 6.02. The molecule has 0 radical (unpaired) electrons. The zero-order valence-electron chi connectivity index (χ0n) is 21.9. The van der Waals surface area contributed by atoms with Gasteiger partial charge in [0.2, 0.25) is 5.91 Å². The Morgan fingerprint density at radius 2 is 1.49 bits per heavy atom. The number of hydrogen-bond acceptors (Lipinski definition) is 4. The van der Waals surface area contributed by atoms with Crippen LogP contribution in [0.5, 0.6) is 0 Å². The third-order valence-corrected chi connectivity index (χ3v) is 7.63. The summed E-state index contributed by atoms with van der Waals surface area (Å²) in [6, 6.07) is 25.0. The molecule has 0 atom stereocenters. The molecule has 3 aromatic carbocycles. The van der Waals surface area contributed by atoms with Gasteiger partial charge < -0.3 is 5.32 Å². The molecule has 0 bridgehead atoms. The third kappa shape index (κ3) is 6.67. The van der Waals surface area contributed by atoms with E-state index < -0.39 is 0 Å². The smallest absolute Gasteiger partial charge is 0.331 e. The number of halogens is 1. The topological polar surface area (TPSA) is 76.3 Å². The Labute approximate surface area is 232 Å². The summed E-state index contributed by atoms with van der Waals surface area (Å²) < 4.78 is 2.87. The molecule has 1 amide bonds.